The van der Waals surface area contributed by atoms with E-state index in [1.165, 1.54) is 11.3 Å². The molecule has 116 valence electrons. The van der Waals surface area contributed by atoms with E-state index in [1.54, 1.807) is 36.4 Å². The Hall–Kier alpha value is -2.08. The van der Waals surface area contributed by atoms with Gasteiger partial charge in [0.25, 0.3) is 0 Å². The van der Waals surface area contributed by atoms with Gasteiger partial charge in [-0.05, 0) is 24.3 Å². The van der Waals surface area contributed by atoms with Crippen LogP contribution < -0.4 is 10.6 Å². The van der Waals surface area contributed by atoms with E-state index in [-0.39, 0.29) is 0 Å². The molecule has 2 amide bonds. The molecule has 0 atom stereocenters. The van der Waals surface area contributed by atoms with Crippen LogP contribution in [0.4, 0.5) is 15.6 Å². The molecule has 0 radical (unpaired) electrons. The van der Waals surface area contributed by atoms with Crippen LogP contribution in [0.3, 0.4) is 0 Å². The number of benzene rings is 2. The SMILES string of the molecule is O=C(Nc1nc(-c2ccc(Cl)cc2)cs1)Nc1ccccc1Cl. The van der Waals surface area contributed by atoms with Crippen LogP contribution >= 0.6 is 34.5 Å². The minimum absolute atomic E-state index is 0.393. The monoisotopic (exact) mass is 363 g/mol. The van der Waals surface area contributed by atoms with Crippen molar-refractivity contribution >= 4 is 51.4 Å². The Morgan fingerprint density at radius 3 is 2.48 bits per heavy atom. The summed E-state index contributed by atoms with van der Waals surface area (Å²) in [6, 6.07) is 14.0. The molecule has 0 saturated heterocycles. The van der Waals surface area contributed by atoms with E-state index >= 15 is 0 Å². The molecule has 1 aromatic heterocycles. The molecule has 0 saturated carbocycles. The van der Waals surface area contributed by atoms with E-state index in [0.717, 1.165) is 11.3 Å². The molecule has 7 heteroatoms. The zero-order valence-electron chi connectivity index (χ0n) is 11.7. The normalized spacial score (nSPS) is 10.3. The van der Waals surface area contributed by atoms with Crippen LogP contribution in [-0.4, -0.2) is 11.0 Å². The Labute approximate surface area is 147 Å². The highest BCUT2D eigenvalue weighted by Crippen LogP contribution is 2.26. The van der Waals surface area contributed by atoms with Crippen molar-refractivity contribution < 1.29 is 4.79 Å². The fourth-order valence-electron chi connectivity index (χ4n) is 1.90. The minimum atomic E-state index is -0.393. The summed E-state index contributed by atoms with van der Waals surface area (Å²) in [5.41, 5.74) is 2.26. The first-order valence-corrected chi connectivity index (χ1v) is 8.29. The zero-order chi connectivity index (χ0) is 16.2. The van der Waals surface area contributed by atoms with Gasteiger partial charge in [0, 0.05) is 16.0 Å². The molecule has 1 heterocycles. The van der Waals surface area contributed by atoms with E-state index in [1.807, 2.05) is 17.5 Å². The third kappa shape index (κ3) is 4.01. The second kappa shape index (κ2) is 7.00. The van der Waals surface area contributed by atoms with Crippen molar-refractivity contribution in [1.29, 1.82) is 0 Å². The molecule has 23 heavy (non-hydrogen) atoms. The lowest BCUT2D eigenvalue weighted by Gasteiger charge is -2.06. The Bertz CT molecular complexity index is 833. The summed E-state index contributed by atoms with van der Waals surface area (Å²) in [5.74, 6) is 0. The number of thiazole rings is 1. The van der Waals surface area contributed by atoms with Gasteiger partial charge in [-0.3, -0.25) is 5.32 Å². The number of carbonyl (C=O) groups excluding carboxylic acids is 1. The number of carbonyl (C=O) groups is 1. The molecule has 0 spiro atoms. The molecule has 3 aromatic rings. The lowest BCUT2D eigenvalue weighted by Crippen LogP contribution is -2.19. The highest BCUT2D eigenvalue weighted by atomic mass is 35.5. The molecule has 4 nitrogen and oxygen atoms in total. The second-order valence-corrected chi connectivity index (χ2v) is 6.31. The van der Waals surface area contributed by atoms with Crippen LogP contribution in [0, 0.1) is 0 Å². The van der Waals surface area contributed by atoms with Gasteiger partial charge in [0.05, 0.1) is 16.4 Å². The van der Waals surface area contributed by atoms with Gasteiger partial charge in [0.1, 0.15) is 0 Å². The van der Waals surface area contributed by atoms with Gasteiger partial charge in [-0.25, -0.2) is 9.78 Å². The Morgan fingerprint density at radius 2 is 1.74 bits per heavy atom. The topological polar surface area (TPSA) is 54.0 Å². The maximum absolute atomic E-state index is 12.0. The van der Waals surface area contributed by atoms with Crippen molar-refractivity contribution in [3.8, 4) is 11.3 Å². The van der Waals surface area contributed by atoms with Crippen molar-refractivity contribution in [2.45, 2.75) is 0 Å². The standard InChI is InChI=1S/C16H11Cl2N3OS/c17-11-7-5-10(6-8-11)14-9-23-16(20-14)21-15(22)19-13-4-2-1-3-12(13)18/h1-9H,(H2,19,20,21,22). The second-order valence-electron chi connectivity index (χ2n) is 4.60. The summed E-state index contributed by atoms with van der Waals surface area (Å²) >= 11 is 13.2. The number of anilines is 2. The smallest absolute Gasteiger partial charge is 0.306 e. The summed E-state index contributed by atoms with van der Waals surface area (Å²) in [6.45, 7) is 0. The van der Waals surface area contributed by atoms with E-state index < -0.39 is 6.03 Å². The lowest BCUT2D eigenvalue weighted by molar-refractivity contribution is 0.262. The average Bonchev–Trinajstić information content (AvgIpc) is 2.98. The average molecular weight is 364 g/mol. The molecule has 0 aliphatic heterocycles. The van der Waals surface area contributed by atoms with Crippen LogP contribution in [0.2, 0.25) is 10.0 Å². The predicted molar refractivity (Wildman–Crippen MR) is 96.7 cm³/mol. The van der Waals surface area contributed by atoms with Crippen LogP contribution in [-0.2, 0) is 0 Å². The first-order valence-electron chi connectivity index (χ1n) is 6.66. The number of nitrogens with zero attached hydrogens (tertiary/aromatic N) is 1. The first kappa shape index (κ1) is 15.8. The molecule has 2 aromatic carbocycles. The van der Waals surface area contributed by atoms with Crippen molar-refractivity contribution in [2.75, 3.05) is 10.6 Å². The number of hydrogen-bond acceptors (Lipinski definition) is 3. The molecule has 0 unspecified atom stereocenters. The van der Waals surface area contributed by atoms with Gasteiger partial charge in [-0.15, -0.1) is 11.3 Å². The fraction of sp³-hybridized carbons (Fsp3) is 0. The van der Waals surface area contributed by atoms with Crippen molar-refractivity contribution in [3.05, 3.63) is 64.0 Å². The summed E-state index contributed by atoms with van der Waals surface area (Å²) in [6.07, 6.45) is 0. The molecule has 0 fully saturated rings. The molecular weight excluding hydrogens is 353 g/mol. The summed E-state index contributed by atoms with van der Waals surface area (Å²) < 4.78 is 0. The number of hydrogen-bond donors (Lipinski definition) is 2. The predicted octanol–water partition coefficient (Wildman–Crippen LogP) is 5.76. The van der Waals surface area contributed by atoms with Gasteiger partial charge in [0.2, 0.25) is 0 Å². The van der Waals surface area contributed by atoms with E-state index in [9.17, 15) is 4.79 Å². The Balaban J connectivity index is 1.68. The molecule has 0 bridgehead atoms. The number of para-hydroxylation sites is 1. The van der Waals surface area contributed by atoms with Gasteiger partial charge in [-0.1, -0.05) is 47.5 Å². The summed E-state index contributed by atoms with van der Waals surface area (Å²) in [7, 11) is 0. The Morgan fingerprint density at radius 1 is 1.00 bits per heavy atom. The highest BCUT2D eigenvalue weighted by Gasteiger charge is 2.09. The van der Waals surface area contributed by atoms with E-state index in [0.29, 0.717) is 20.9 Å². The molecule has 0 aliphatic rings. The van der Waals surface area contributed by atoms with E-state index in [2.05, 4.69) is 15.6 Å². The van der Waals surface area contributed by atoms with Crippen LogP contribution in [0.1, 0.15) is 0 Å². The quantitative estimate of drug-likeness (QED) is 0.621. The third-order valence-corrected chi connectivity index (χ3v) is 4.33. The maximum Gasteiger partial charge on any atom is 0.325 e. The summed E-state index contributed by atoms with van der Waals surface area (Å²) in [5, 5.41) is 8.89. The first-order chi connectivity index (χ1) is 11.1. The molecule has 2 N–H and O–H groups in total. The number of nitrogens with one attached hydrogen (secondary N) is 2. The Kier molecular flexibility index (Phi) is 4.81. The van der Waals surface area contributed by atoms with E-state index in [4.69, 9.17) is 23.2 Å². The van der Waals surface area contributed by atoms with Gasteiger partial charge in [0.15, 0.2) is 5.13 Å². The lowest BCUT2D eigenvalue weighted by atomic mass is 10.2. The van der Waals surface area contributed by atoms with Crippen LogP contribution in [0.15, 0.2) is 53.9 Å². The maximum atomic E-state index is 12.0. The van der Waals surface area contributed by atoms with Crippen molar-refractivity contribution in [3.63, 3.8) is 0 Å². The highest BCUT2D eigenvalue weighted by molar-refractivity contribution is 7.14. The van der Waals surface area contributed by atoms with Crippen LogP contribution in [0.5, 0.6) is 0 Å². The van der Waals surface area contributed by atoms with Crippen molar-refractivity contribution in [2.24, 2.45) is 0 Å². The van der Waals surface area contributed by atoms with Gasteiger partial charge >= 0.3 is 6.03 Å². The number of rotatable bonds is 3. The van der Waals surface area contributed by atoms with Crippen molar-refractivity contribution in [1.82, 2.24) is 4.98 Å². The number of urea groups is 1. The van der Waals surface area contributed by atoms with Crippen LogP contribution in [0.25, 0.3) is 11.3 Å². The van der Waals surface area contributed by atoms with Gasteiger partial charge < -0.3 is 5.32 Å². The minimum Gasteiger partial charge on any atom is -0.306 e. The third-order valence-electron chi connectivity index (χ3n) is 2.99. The van der Waals surface area contributed by atoms with Gasteiger partial charge in [-0.2, -0.15) is 0 Å². The summed E-state index contributed by atoms with van der Waals surface area (Å²) in [4.78, 5) is 16.4. The number of halogens is 2. The molecule has 3 rings (SSSR count). The largest absolute Gasteiger partial charge is 0.325 e. The molecular formula is C16H11Cl2N3OS. The number of aromatic nitrogens is 1. The fourth-order valence-corrected chi connectivity index (χ4v) is 2.92. The zero-order valence-corrected chi connectivity index (χ0v) is 14.0. The number of amides is 2. The molecule has 0 aliphatic carbocycles.